The van der Waals surface area contributed by atoms with Crippen molar-refractivity contribution in [3.8, 4) is 5.75 Å². The Morgan fingerprint density at radius 1 is 1.17 bits per heavy atom. The number of aryl methyl sites for hydroxylation is 1. The molecule has 0 amide bonds. The van der Waals surface area contributed by atoms with Gasteiger partial charge in [-0.15, -0.1) is 0 Å². The van der Waals surface area contributed by atoms with E-state index in [4.69, 9.17) is 9.84 Å². The summed E-state index contributed by atoms with van der Waals surface area (Å²) in [4.78, 5) is 0. The second-order valence-corrected chi connectivity index (χ2v) is 5.39. The topological polar surface area (TPSA) is 29.5 Å². The number of hydrogen-bond donors (Lipinski definition) is 1. The Hall–Kier alpha value is -1.02. The summed E-state index contributed by atoms with van der Waals surface area (Å²) in [6.45, 7) is 2.55. The normalized spacial score (nSPS) is 23.9. The van der Waals surface area contributed by atoms with Gasteiger partial charge >= 0.3 is 0 Å². The molecule has 0 aromatic heterocycles. The molecule has 1 aliphatic carbocycles. The lowest BCUT2D eigenvalue weighted by atomic mass is 9.88. The minimum absolute atomic E-state index is 0.262. The summed E-state index contributed by atoms with van der Waals surface area (Å²) < 4.78 is 6.08. The molecule has 2 nitrogen and oxygen atoms in total. The highest BCUT2D eigenvalue weighted by Gasteiger charge is 2.22. The van der Waals surface area contributed by atoms with Crippen LogP contribution >= 0.6 is 0 Å². The molecule has 2 heteroatoms. The maximum Gasteiger partial charge on any atom is 0.119 e. The van der Waals surface area contributed by atoms with Crippen molar-refractivity contribution in [1.29, 1.82) is 0 Å². The summed E-state index contributed by atoms with van der Waals surface area (Å²) in [5, 5.41) is 8.80. The van der Waals surface area contributed by atoms with Crippen LogP contribution in [-0.4, -0.2) is 17.8 Å². The quantitative estimate of drug-likeness (QED) is 0.863. The van der Waals surface area contributed by atoms with E-state index in [2.05, 4.69) is 31.2 Å². The van der Waals surface area contributed by atoms with Crippen LogP contribution in [0.5, 0.6) is 5.75 Å². The lowest BCUT2D eigenvalue weighted by Crippen LogP contribution is -2.28. The highest BCUT2D eigenvalue weighted by Crippen LogP contribution is 2.28. The van der Waals surface area contributed by atoms with Gasteiger partial charge in [0.15, 0.2) is 0 Å². The highest BCUT2D eigenvalue weighted by atomic mass is 16.5. The fraction of sp³-hybridized carbons (Fsp3) is 0.625. The smallest absolute Gasteiger partial charge is 0.119 e. The van der Waals surface area contributed by atoms with Crippen LogP contribution < -0.4 is 4.74 Å². The van der Waals surface area contributed by atoms with E-state index in [1.807, 2.05) is 0 Å². The first-order valence-electron chi connectivity index (χ1n) is 7.16. The zero-order chi connectivity index (χ0) is 12.8. The third-order valence-electron chi connectivity index (χ3n) is 3.87. The van der Waals surface area contributed by atoms with E-state index in [9.17, 15) is 0 Å². The van der Waals surface area contributed by atoms with Gasteiger partial charge in [0.2, 0.25) is 0 Å². The molecule has 2 atom stereocenters. The molecular weight excluding hydrogens is 224 g/mol. The van der Waals surface area contributed by atoms with Crippen molar-refractivity contribution >= 4 is 0 Å². The van der Waals surface area contributed by atoms with E-state index >= 15 is 0 Å². The van der Waals surface area contributed by atoms with Crippen molar-refractivity contribution in [2.45, 2.75) is 51.6 Å². The van der Waals surface area contributed by atoms with Crippen molar-refractivity contribution in [2.24, 2.45) is 5.92 Å². The summed E-state index contributed by atoms with van der Waals surface area (Å²) in [7, 11) is 0. The van der Waals surface area contributed by atoms with Gasteiger partial charge in [-0.1, -0.05) is 25.5 Å². The standard InChI is InChI=1S/C16H24O2/c1-13-5-2-3-7-16(13)18-15-10-8-14(9-11-15)6-4-12-17/h8-11,13,16-17H,2-7,12H2,1H3/t13-,16+/m1/s1. The number of benzene rings is 1. The van der Waals surface area contributed by atoms with Gasteiger partial charge in [0.1, 0.15) is 11.9 Å². The highest BCUT2D eigenvalue weighted by molar-refractivity contribution is 5.27. The number of aliphatic hydroxyl groups excluding tert-OH is 1. The molecule has 0 radical (unpaired) electrons. The molecule has 1 N–H and O–H groups in total. The average molecular weight is 248 g/mol. The van der Waals surface area contributed by atoms with Gasteiger partial charge in [0.25, 0.3) is 0 Å². The number of hydrogen-bond acceptors (Lipinski definition) is 2. The van der Waals surface area contributed by atoms with E-state index in [0.29, 0.717) is 12.0 Å². The first-order valence-corrected chi connectivity index (χ1v) is 7.16. The van der Waals surface area contributed by atoms with Crippen molar-refractivity contribution in [2.75, 3.05) is 6.61 Å². The van der Waals surface area contributed by atoms with E-state index in [1.54, 1.807) is 0 Å². The number of ether oxygens (including phenoxy) is 1. The van der Waals surface area contributed by atoms with Crippen molar-refractivity contribution in [3.05, 3.63) is 29.8 Å². The van der Waals surface area contributed by atoms with Crippen molar-refractivity contribution in [1.82, 2.24) is 0 Å². The van der Waals surface area contributed by atoms with Crippen LogP contribution in [0.3, 0.4) is 0 Å². The van der Waals surface area contributed by atoms with Gasteiger partial charge in [-0.05, 0) is 55.7 Å². The van der Waals surface area contributed by atoms with Gasteiger partial charge in [0.05, 0.1) is 0 Å². The monoisotopic (exact) mass is 248 g/mol. The molecule has 0 heterocycles. The molecule has 1 aromatic carbocycles. The zero-order valence-electron chi connectivity index (χ0n) is 11.3. The van der Waals surface area contributed by atoms with Gasteiger partial charge in [-0.3, -0.25) is 0 Å². The Balaban J connectivity index is 1.89. The summed E-state index contributed by atoms with van der Waals surface area (Å²) >= 11 is 0. The molecule has 1 saturated carbocycles. The van der Waals surface area contributed by atoms with Crippen LogP contribution in [0.1, 0.15) is 44.6 Å². The number of rotatable bonds is 5. The van der Waals surface area contributed by atoms with Gasteiger partial charge in [0, 0.05) is 6.61 Å². The van der Waals surface area contributed by atoms with Gasteiger partial charge < -0.3 is 9.84 Å². The Morgan fingerprint density at radius 2 is 1.89 bits per heavy atom. The third-order valence-corrected chi connectivity index (χ3v) is 3.87. The van der Waals surface area contributed by atoms with Crippen molar-refractivity contribution < 1.29 is 9.84 Å². The summed E-state index contributed by atoms with van der Waals surface area (Å²) in [5.41, 5.74) is 1.27. The maximum atomic E-state index is 8.80. The fourth-order valence-electron chi connectivity index (χ4n) is 2.65. The second-order valence-electron chi connectivity index (χ2n) is 5.39. The molecule has 0 aliphatic heterocycles. The Labute approximate surface area is 110 Å². The van der Waals surface area contributed by atoms with Crippen LogP contribution in [-0.2, 0) is 6.42 Å². The molecular formula is C16H24O2. The number of aliphatic hydroxyl groups is 1. The molecule has 1 aromatic rings. The van der Waals surface area contributed by atoms with Crippen LogP contribution in [0.15, 0.2) is 24.3 Å². The van der Waals surface area contributed by atoms with Gasteiger partial charge in [-0.25, -0.2) is 0 Å². The first kappa shape index (κ1) is 13.4. The molecule has 0 unspecified atom stereocenters. The minimum Gasteiger partial charge on any atom is -0.490 e. The van der Waals surface area contributed by atoms with Crippen LogP contribution in [0, 0.1) is 5.92 Å². The molecule has 2 rings (SSSR count). The van der Waals surface area contributed by atoms with Crippen LogP contribution in [0.25, 0.3) is 0 Å². The lowest BCUT2D eigenvalue weighted by molar-refractivity contribution is 0.102. The molecule has 0 saturated heterocycles. The summed E-state index contributed by atoms with van der Waals surface area (Å²) in [6, 6.07) is 8.35. The van der Waals surface area contributed by atoms with Gasteiger partial charge in [-0.2, -0.15) is 0 Å². The SMILES string of the molecule is C[C@@H]1CCCC[C@@H]1Oc1ccc(CCCO)cc1. The minimum atomic E-state index is 0.262. The Bertz CT molecular complexity index is 345. The molecule has 1 aliphatic rings. The lowest BCUT2D eigenvalue weighted by Gasteiger charge is -2.29. The average Bonchev–Trinajstić information content (AvgIpc) is 2.41. The largest absolute Gasteiger partial charge is 0.490 e. The molecule has 100 valence electrons. The predicted molar refractivity (Wildman–Crippen MR) is 73.9 cm³/mol. The van der Waals surface area contributed by atoms with E-state index in [-0.39, 0.29) is 6.61 Å². The summed E-state index contributed by atoms with van der Waals surface area (Å²) in [5.74, 6) is 1.66. The van der Waals surface area contributed by atoms with Crippen LogP contribution in [0.4, 0.5) is 0 Å². The first-order chi connectivity index (χ1) is 8.79. The fourth-order valence-corrected chi connectivity index (χ4v) is 2.65. The second kappa shape index (κ2) is 6.79. The van der Waals surface area contributed by atoms with E-state index in [0.717, 1.165) is 18.6 Å². The zero-order valence-corrected chi connectivity index (χ0v) is 11.3. The summed E-state index contributed by atoms with van der Waals surface area (Å²) in [6.07, 6.45) is 7.29. The third kappa shape index (κ3) is 3.74. The molecule has 0 spiro atoms. The molecule has 1 fully saturated rings. The predicted octanol–water partition coefficient (Wildman–Crippen LogP) is 3.57. The Kier molecular flexibility index (Phi) is 5.06. The van der Waals surface area contributed by atoms with E-state index < -0.39 is 0 Å². The maximum absolute atomic E-state index is 8.80. The van der Waals surface area contributed by atoms with E-state index in [1.165, 1.54) is 31.2 Å². The van der Waals surface area contributed by atoms with Crippen molar-refractivity contribution in [3.63, 3.8) is 0 Å². The molecule has 0 bridgehead atoms. The van der Waals surface area contributed by atoms with Crippen LogP contribution in [0.2, 0.25) is 0 Å². The molecule has 18 heavy (non-hydrogen) atoms. The Morgan fingerprint density at radius 3 is 2.56 bits per heavy atom.